The summed E-state index contributed by atoms with van der Waals surface area (Å²) in [5.74, 6) is -0.530. The Balaban J connectivity index is 1.74. The van der Waals surface area contributed by atoms with Crippen LogP contribution in [-0.4, -0.2) is 42.2 Å². The van der Waals surface area contributed by atoms with Crippen LogP contribution in [0.5, 0.6) is 23.0 Å². The van der Waals surface area contributed by atoms with E-state index in [0.717, 1.165) is 16.9 Å². The number of benzene rings is 3. The zero-order valence-electron chi connectivity index (χ0n) is 20.8. The molecular formula is C29H27NO7. The van der Waals surface area contributed by atoms with Crippen LogP contribution < -0.4 is 19.1 Å². The van der Waals surface area contributed by atoms with Crippen molar-refractivity contribution in [3.8, 4) is 23.0 Å². The van der Waals surface area contributed by atoms with Crippen molar-refractivity contribution in [1.82, 2.24) is 0 Å². The number of fused-ring (bicyclic) bond motifs is 1. The van der Waals surface area contributed by atoms with Gasteiger partial charge in [-0.25, -0.2) is 0 Å². The maximum absolute atomic E-state index is 13.5. The number of aliphatic hydroxyl groups excluding tert-OH is 1. The number of Topliss-reactive ketones (excluding diaryl/α,β-unsaturated/α-hetero) is 1. The molecule has 0 aliphatic carbocycles. The lowest BCUT2D eigenvalue weighted by molar-refractivity contribution is -0.132. The molecular weight excluding hydrogens is 474 g/mol. The van der Waals surface area contributed by atoms with Crippen molar-refractivity contribution in [2.24, 2.45) is 0 Å². The molecule has 3 aromatic rings. The van der Waals surface area contributed by atoms with Gasteiger partial charge < -0.3 is 24.4 Å². The van der Waals surface area contributed by atoms with Crippen LogP contribution in [0.25, 0.3) is 5.76 Å². The average Bonchev–Trinajstić information content (AvgIpc) is 3.47. The maximum atomic E-state index is 13.5. The van der Waals surface area contributed by atoms with Crippen LogP contribution in [0.2, 0.25) is 0 Å². The Labute approximate surface area is 214 Å². The molecule has 2 heterocycles. The number of aliphatic hydroxyl groups is 1. The zero-order valence-corrected chi connectivity index (χ0v) is 20.8. The van der Waals surface area contributed by atoms with Gasteiger partial charge in [-0.15, -0.1) is 0 Å². The number of carbonyl (C=O) groups excluding carboxylic acids is 2. The monoisotopic (exact) mass is 501 g/mol. The van der Waals surface area contributed by atoms with Crippen LogP contribution in [0.4, 0.5) is 5.69 Å². The Morgan fingerprint density at radius 3 is 2.65 bits per heavy atom. The summed E-state index contributed by atoms with van der Waals surface area (Å²) in [4.78, 5) is 28.2. The first-order valence-electron chi connectivity index (χ1n) is 12.0. The van der Waals surface area contributed by atoms with Crippen molar-refractivity contribution in [3.05, 3.63) is 82.4 Å². The molecule has 2 N–H and O–H groups in total. The minimum atomic E-state index is -1.03. The van der Waals surface area contributed by atoms with Gasteiger partial charge >= 0.3 is 0 Å². The Hall–Kier alpha value is -4.46. The van der Waals surface area contributed by atoms with Crippen LogP contribution in [0.15, 0.2) is 60.2 Å². The molecule has 8 nitrogen and oxygen atoms in total. The largest absolute Gasteiger partial charge is 0.507 e. The van der Waals surface area contributed by atoms with Crippen molar-refractivity contribution in [3.63, 3.8) is 0 Å². The van der Waals surface area contributed by atoms with Crippen molar-refractivity contribution in [2.75, 3.05) is 25.2 Å². The number of aryl methyl sites for hydroxylation is 1. The second-order valence-electron chi connectivity index (χ2n) is 8.93. The van der Waals surface area contributed by atoms with Gasteiger partial charge in [-0.1, -0.05) is 12.1 Å². The Bertz CT molecular complexity index is 1440. The normalized spacial score (nSPS) is 18.0. The van der Waals surface area contributed by atoms with Crippen LogP contribution in [-0.2, 0) is 16.0 Å². The van der Waals surface area contributed by atoms with E-state index in [-0.39, 0.29) is 22.8 Å². The second kappa shape index (κ2) is 9.54. The number of methoxy groups -OCH3 is 1. The van der Waals surface area contributed by atoms with Crippen LogP contribution in [0, 0.1) is 6.92 Å². The lowest BCUT2D eigenvalue weighted by atomic mass is 9.94. The number of phenols is 1. The quantitative estimate of drug-likeness (QED) is 0.287. The number of rotatable bonds is 6. The summed E-state index contributed by atoms with van der Waals surface area (Å²) in [6.07, 6.45) is 0.682. The van der Waals surface area contributed by atoms with Gasteiger partial charge in [-0.05, 0) is 73.0 Å². The molecule has 190 valence electrons. The molecule has 0 saturated carbocycles. The molecule has 0 spiro atoms. The molecule has 5 rings (SSSR count). The molecule has 1 amide bonds. The van der Waals surface area contributed by atoms with E-state index >= 15 is 0 Å². The van der Waals surface area contributed by atoms with E-state index in [4.69, 9.17) is 14.2 Å². The number of ether oxygens (including phenoxy) is 3. The lowest BCUT2D eigenvalue weighted by Gasteiger charge is -2.27. The van der Waals surface area contributed by atoms with E-state index in [9.17, 15) is 19.8 Å². The number of hydrogen-bond acceptors (Lipinski definition) is 7. The number of anilines is 1. The summed E-state index contributed by atoms with van der Waals surface area (Å²) in [5, 5.41) is 22.1. The SMILES string of the molecule is CCOc1cc(C2/C(=C(\O)c3ccc4c(c3)CCO4)C(=O)C(=O)N2c2cc(C)ccc2O)ccc1OC. The summed E-state index contributed by atoms with van der Waals surface area (Å²) in [5.41, 5.74) is 2.69. The van der Waals surface area contributed by atoms with Crippen molar-refractivity contribution >= 4 is 23.1 Å². The number of hydrogen-bond donors (Lipinski definition) is 2. The third kappa shape index (κ3) is 4.14. The predicted molar refractivity (Wildman–Crippen MR) is 137 cm³/mol. The van der Waals surface area contributed by atoms with Crippen molar-refractivity contribution in [2.45, 2.75) is 26.3 Å². The van der Waals surface area contributed by atoms with E-state index in [1.807, 2.05) is 13.8 Å². The highest BCUT2D eigenvalue weighted by Gasteiger charge is 2.48. The molecule has 2 aliphatic rings. The van der Waals surface area contributed by atoms with Gasteiger partial charge in [0.15, 0.2) is 11.5 Å². The van der Waals surface area contributed by atoms with Gasteiger partial charge in [-0.2, -0.15) is 0 Å². The molecule has 1 saturated heterocycles. The van der Waals surface area contributed by atoms with E-state index in [1.54, 1.807) is 48.5 Å². The van der Waals surface area contributed by atoms with Gasteiger partial charge in [0.25, 0.3) is 11.7 Å². The first-order chi connectivity index (χ1) is 17.8. The fourth-order valence-corrected chi connectivity index (χ4v) is 4.84. The summed E-state index contributed by atoms with van der Waals surface area (Å²) in [7, 11) is 1.52. The van der Waals surface area contributed by atoms with E-state index in [0.29, 0.717) is 42.3 Å². The van der Waals surface area contributed by atoms with Gasteiger partial charge in [0.2, 0.25) is 0 Å². The summed E-state index contributed by atoms with van der Waals surface area (Å²) < 4.78 is 16.7. The second-order valence-corrected chi connectivity index (χ2v) is 8.93. The number of amides is 1. The third-order valence-corrected chi connectivity index (χ3v) is 6.60. The molecule has 1 fully saturated rings. The fourth-order valence-electron chi connectivity index (χ4n) is 4.84. The summed E-state index contributed by atoms with van der Waals surface area (Å²) in [6, 6.07) is 14.0. The topological polar surface area (TPSA) is 106 Å². The molecule has 3 aromatic carbocycles. The standard InChI is InChI=1S/C29H27NO7/c1-4-36-24-15-18(6-10-23(24)35-3)26-25(27(32)19-7-9-22-17(14-19)11-12-37-22)28(33)29(34)30(26)20-13-16(2)5-8-21(20)31/h5-10,13-15,26,31-32H,4,11-12H2,1-3H3/b27-25+. The maximum Gasteiger partial charge on any atom is 0.300 e. The van der Waals surface area contributed by atoms with Crippen molar-refractivity contribution < 1.29 is 34.0 Å². The number of aromatic hydroxyl groups is 1. The number of ketones is 1. The van der Waals surface area contributed by atoms with Gasteiger partial charge in [-0.3, -0.25) is 14.5 Å². The highest BCUT2D eigenvalue weighted by molar-refractivity contribution is 6.52. The van der Waals surface area contributed by atoms with Gasteiger partial charge in [0.1, 0.15) is 17.3 Å². The Morgan fingerprint density at radius 2 is 1.89 bits per heavy atom. The number of nitrogens with zero attached hydrogens (tertiary/aromatic N) is 1. The number of carbonyl (C=O) groups is 2. The average molecular weight is 502 g/mol. The fraction of sp³-hybridized carbons (Fsp3) is 0.241. The molecule has 0 bridgehead atoms. The highest BCUT2D eigenvalue weighted by atomic mass is 16.5. The van der Waals surface area contributed by atoms with Gasteiger partial charge in [0, 0.05) is 12.0 Å². The zero-order chi connectivity index (χ0) is 26.3. The summed E-state index contributed by atoms with van der Waals surface area (Å²) >= 11 is 0. The summed E-state index contributed by atoms with van der Waals surface area (Å²) in [6.45, 7) is 4.57. The molecule has 2 aliphatic heterocycles. The Morgan fingerprint density at radius 1 is 1.08 bits per heavy atom. The predicted octanol–water partition coefficient (Wildman–Crippen LogP) is 4.67. The molecule has 37 heavy (non-hydrogen) atoms. The van der Waals surface area contributed by atoms with Crippen LogP contribution >= 0.6 is 0 Å². The minimum Gasteiger partial charge on any atom is -0.507 e. The molecule has 8 heteroatoms. The smallest absolute Gasteiger partial charge is 0.300 e. The molecule has 1 atom stereocenters. The van der Waals surface area contributed by atoms with Gasteiger partial charge in [0.05, 0.1) is 37.6 Å². The van der Waals surface area contributed by atoms with Crippen molar-refractivity contribution in [1.29, 1.82) is 0 Å². The first-order valence-corrected chi connectivity index (χ1v) is 12.0. The first kappa shape index (κ1) is 24.2. The highest BCUT2D eigenvalue weighted by Crippen LogP contribution is 2.46. The van der Waals surface area contributed by atoms with E-state index in [1.165, 1.54) is 18.1 Å². The third-order valence-electron chi connectivity index (χ3n) is 6.60. The Kier molecular flexibility index (Phi) is 6.25. The van der Waals surface area contributed by atoms with Crippen LogP contribution in [0.3, 0.4) is 0 Å². The molecule has 0 aromatic heterocycles. The van der Waals surface area contributed by atoms with E-state index < -0.39 is 17.7 Å². The molecule has 0 radical (unpaired) electrons. The molecule has 1 unspecified atom stereocenters. The lowest BCUT2D eigenvalue weighted by Crippen LogP contribution is -2.29. The van der Waals surface area contributed by atoms with Crippen LogP contribution in [0.1, 0.15) is 35.2 Å². The van der Waals surface area contributed by atoms with E-state index in [2.05, 4.69) is 0 Å². The minimum absolute atomic E-state index is 0.0858. The number of phenolic OH excluding ortho intramolecular Hbond substituents is 1.